The molecule has 3 aromatic rings. The van der Waals surface area contributed by atoms with Crippen LogP contribution < -0.4 is 15.4 Å². The smallest absolute Gasteiger partial charge is 0.273 e. The van der Waals surface area contributed by atoms with Crippen molar-refractivity contribution >= 4 is 34.0 Å². The predicted octanol–water partition coefficient (Wildman–Crippen LogP) is 3.82. The van der Waals surface area contributed by atoms with Crippen LogP contribution in [0.4, 0.5) is 10.8 Å². The second kappa shape index (κ2) is 11.7. The maximum absolute atomic E-state index is 13.3. The van der Waals surface area contributed by atoms with E-state index in [-0.39, 0.29) is 37.4 Å². The van der Waals surface area contributed by atoms with Gasteiger partial charge in [-0.3, -0.25) is 9.59 Å². The van der Waals surface area contributed by atoms with Gasteiger partial charge in [0, 0.05) is 31.5 Å². The van der Waals surface area contributed by atoms with Gasteiger partial charge in [-0.25, -0.2) is 4.98 Å². The van der Waals surface area contributed by atoms with E-state index in [1.807, 2.05) is 24.3 Å². The van der Waals surface area contributed by atoms with Crippen LogP contribution in [0, 0.1) is 0 Å². The van der Waals surface area contributed by atoms with Crippen molar-refractivity contribution in [2.75, 3.05) is 32.1 Å². The number of nitrogens with zero attached hydrogens (tertiary/aromatic N) is 2. The van der Waals surface area contributed by atoms with E-state index in [4.69, 9.17) is 13.9 Å². The number of nitrogens with one attached hydrogen (secondary N) is 2. The molecule has 9 nitrogen and oxygen atoms in total. The van der Waals surface area contributed by atoms with Crippen molar-refractivity contribution in [3.8, 4) is 5.75 Å². The lowest BCUT2D eigenvalue weighted by Crippen LogP contribution is -2.37. The van der Waals surface area contributed by atoms with Crippen LogP contribution in [0.5, 0.6) is 5.75 Å². The van der Waals surface area contributed by atoms with Gasteiger partial charge in [0.05, 0.1) is 31.7 Å². The fraction of sp³-hybridized carbons (Fsp3) is 0.375. The quantitative estimate of drug-likeness (QED) is 0.426. The summed E-state index contributed by atoms with van der Waals surface area (Å²) in [6, 6.07) is 11.1. The number of carbonyl (C=O) groups excluding carboxylic acids is 2. The van der Waals surface area contributed by atoms with Crippen LogP contribution in [0.3, 0.4) is 0 Å². The van der Waals surface area contributed by atoms with E-state index in [1.165, 1.54) is 11.3 Å². The molecule has 2 aromatic heterocycles. The molecule has 0 radical (unpaired) electrons. The van der Waals surface area contributed by atoms with Gasteiger partial charge in [-0.15, -0.1) is 11.3 Å². The van der Waals surface area contributed by atoms with Crippen LogP contribution in [-0.2, 0) is 16.1 Å². The number of methoxy groups -OCH3 is 1. The number of hydrogen-bond donors (Lipinski definition) is 2. The Morgan fingerprint density at radius 2 is 2.15 bits per heavy atom. The third-order valence-corrected chi connectivity index (χ3v) is 6.20. The Hall–Kier alpha value is -3.37. The summed E-state index contributed by atoms with van der Waals surface area (Å²) in [5, 5.41) is 8.36. The zero-order valence-electron chi connectivity index (χ0n) is 19.0. The van der Waals surface area contributed by atoms with Crippen LogP contribution in [0.1, 0.15) is 35.5 Å². The Bertz CT molecular complexity index is 1080. The van der Waals surface area contributed by atoms with E-state index in [1.54, 1.807) is 35.8 Å². The molecule has 4 rings (SSSR count). The van der Waals surface area contributed by atoms with Crippen molar-refractivity contribution in [2.24, 2.45) is 0 Å². The minimum Gasteiger partial charge on any atom is -0.495 e. The summed E-state index contributed by atoms with van der Waals surface area (Å²) in [6.07, 6.45) is 3.79. The third-order valence-electron chi connectivity index (χ3n) is 5.45. The number of ether oxygens (including phenoxy) is 2. The lowest BCUT2D eigenvalue weighted by Gasteiger charge is -2.21. The van der Waals surface area contributed by atoms with Gasteiger partial charge < -0.3 is 29.4 Å². The zero-order chi connectivity index (χ0) is 23.8. The molecule has 0 bridgehead atoms. The molecular formula is C24H28N4O5S. The van der Waals surface area contributed by atoms with Gasteiger partial charge >= 0.3 is 0 Å². The highest BCUT2D eigenvalue weighted by Gasteiger charge is 2.22. The molecule has 1 atom stereocenters. The summed E-state index contributed by atoms with van der Waals surface area (Å²) in [4.78, 5) is 31.7. The molecule has 2 amide bonds. The van der Waals surface area contributed by atoms with Crippen molar-refractivity contribution in [3.05, 3.63) is 59.5 Å². The molecule has 3 heterocycles. The minimum atomic E-state index is -0.271. The largest absolute Gasteiger partial charge is 0.495 e. The molecule has 180 valence electrons. The van der Waals surface area contributed by atoms with Crippen LogP contribution in [0.2, 0.25) is 0 Å². The van der Waals surface area contributed by atoms with E-state index in [0.29, 0.717) is 28.9 Å². The summed E-state index contributed by atoms with van der Waals surface area (Å²) >= 11 is 1.32. The molecule has 0 spiro atoms. The van der Waals surface area contributed by atoms with E-state index < -0.39 is 0 Å². The van der Waals surface area contributed by atoms with Crippen molar-refractivity contribution in [2.45, 2.75) is 31.9 Å². The van der Waals surface area contributed by atoms with Gasteiger partial charge in [-0.05, 0) is 37.1 Å². The second-order valence-corrected chi connectivity index (χ2v) is 8.72. The van der Waals surface area contributed by atoms with E-state index >= 15 is 0 Å². The molecule has 1 aliphatic heterocycles. The Labute approximate surface area is 202 Å². The SMILES string of the molecule is COc1ccccc1Nc1nc(C(=O)N(CCC(=O)NC[C@H]2CCCO2)Cc2ccco2)cs1. The Kier molecular flexibility index (Phi) is 8.16. The molecule has 0 aliphatic carbocycles. The number of benzene rings is 1. The first kappa shape index (κ1) is 23.8. The summed E-state index contributed by atoms with van der Waals surface area (Å²) in [7, 11) is 1.60. The first-order valence-corrected chi connectivity index (χ1v) is 12.1. The number of rotatable bonds is 11. The lowest BCUT2D eigenvalue weighted by molar-refractivity contribution is -0.121. The Morgan fingerprint density at radius 1 is 1.26 bits per heavy atom. The van der Waals surface area contributed by atoms with Crippen LogP contribution in [-0.4, -0.2) is 54.6 Å². The van der Waals surface area contributed by atoms with Gasteiger partial charge in [0.2, 0.25) is 5.91 Å². The lowest BCUT2D eigenvalue weighted by atomic mass is 10.2. The maximum atomic E-state index is 13.3. The van der Waals surface area contributed by atoms with Crippen LogP contribution >= 0.6 is 11.3 Å². The third kappa shape index (κ3) is 6.36. The fourth-order valence-electron chi connectivity index (χ4n) is 3.66. The summed E-state index contributed by atoms with van der Waals surface area (Å²) < 4.78 is 16.3. The first-order chi connectivity index (χ1) is 16.6. The number of amides is 2. The highest BCUT2D eigenvalue weighted by Crippen LogP contribution is 2.29. The summed E-state index contributed by atoms with van der Waals surface area (Å²) in [6.45, 7) is 1.73. The van der Waals surface area contributed by atoms with Crippen molar-refractivity contribution in [1.29, 1.82) is 0 Å². The van der Waals surface area contributed by atoms with Gasteiger partial charge in [0.1, 0.15) is 17.2 Å². The average molecular weight is 485 g/mol. The molecule has 1 aromatic carbocycles. The van der Waals surface area contributed by atoms with Crippen LogP contribution in [0.25, 0.3) is 0 Å². The number of furan rings is 1. The highest BCUT2D eigenvalue weighted by atomic mass is 32.1. The first-order valence-electron chi connectivity index (χ1n) is 11.2. The standard InChI is InChI=1S/C24H28N4O5S/c1-31-21-9-3-2-8-19(21)26-24-27-20(16-34-24)23(30)28(15-18-7-5-13-33-18)11-10-22(29)25-14-17-6-4-12-32-17/h2-3,5,7-9,13,16-17H,4,6,10-12,14-15H2,1H3,(H,25,29)(H,26,27)/t17-/m1/s1. The van der Waals surface area contributed by atoms with E-state index in [2.05, 4.69) is 15.6 Å². The summed E-state index contributed by atoms with van der Waals surface area (Å²) in [5.74, 6) is 0.923. The second-order valence-electron chi connectivity index (χ2n) is 7.86. The molecule has 34 heavy (non-hydrogen) atoms. The normalized spacial score (nSPS) is 15.1. The van der Waals surface area contributed by atoms with Gasteiger partial charge in [0.15, 0.2) is 5.13 Å². The van der Waals surface area contributed by atoms with Crippen molar-refractivity contribution < 1.29 is 23.5 Å². The van der Waals surface area contributed by atoms with Gasteiger partial charge in [-0.1, -0.05) is 12.1 Å². The zero-order valence-corrected chi connectivity index (χ0v) is 19.8. The highest BCUT2D eigenvalue weighted by molar-refractivity contribution is 7.14. The topological polar surface area (TPSA) is 106 Å². The van der Waals surface area contributed by atoms with Crippen molar-refractivity contribution in [1.82, 2.24) is 15.2 Å². The number of thiazole rings is 1. The van der Waals surface area contributed by atoms with Gasteiger partial charge in [-0.2, -0.15) is 0 Å². The van der Waals surface area contributed by atoms with Gasteiger partial charge in [0.25, 0.3) is 5.91 Å². The molecule has 0 unspecified atom stereocenters. The van der Waals surface area contributed by atoms with Crippen molar-refractivity contribution in [3.63, 3.8) is 0 Å². The molecule has 10 heteroatoms. The Morgan fingerprint density at radius 3 is 2.91 bits per heavy atom. The molecular weight excluding hydrogens is 456 g/mol. The fourth-order valence-corrected chi connectivity index (χ4v) is 4.35. The monoisotopic (exact) mass is 484 g/mol. The number of anilines is 2. The molecule has 1 aliphatic rings. The average Bonchev–Trinajstić information content (AvgIpc) is 3.64. The predicted molar refractivity (Wildman–Crippen MR) is 128 cm³/mol. The number of para-hydroxylation sites is 2. The number of hydrogen-bond acceptors (Lipinski definition) is 8. The number of aromatic nitrogens is 1. The van der Waals surface area contributed by atoms with E-state index in [0.717, 1.165) is 25.1 Å². The molecule has 1 fully saturated rings. The maximum Gasteiger partial charge on any atom is 0.273 e. The van der Waals surface area contributed by atoms with E-state index in [9.17, 15) is 9.59 Å². The van der Waals surface area contributed by atoms with Crippen LogP contribution in [0.15, 0.2) is 52.5 Å². The minimum absolute atomic E-state index is 0.0777. The Balaban J connectivity index is 1.39. The molecule has 0 saturated carbocycles. The molecule has 1 saturated heterocycles. The number of carbonyl (C=O) groups is 2. The summed E-state index contributed by atoms with van der Waals surface area (Å²) in [5.41, 5.74) is 1.06. The molecule has 2 N–H and O–H groups in total.